The quantitative estimate of drug-likeness (QED) is 0.850. The van der Waals surface area contributed by atoms with Crippen molar-refractivity contribution in [3.8, 4) is 0 Å². The van der Waals surface area contributed by atoms with Crippen LogP contribution in [-0.2, 0) is 6.42 Å². The minimum absolute atomic E-state index is 0.248. The van der Waals surface area contributed by atoms with Gasteiger partial charge in [0, 0.05) is 18.4 Å². The van der Waals surface area contributed by atoms with E-state index in [1.165, 1.54) is 11.1 Å². The van der Waals surface area contributed by atoms with Crippen molar-refractivity contribution < 1.29 is 9.59 Å². The van der Waals surface area contributed by atoms with Crippen LogP contribution in [0.2, 0.25) is 0 Å². The lowest BCUT2D eigenvalue weighted by atomic mass is 10.1. The molecule has 1 aliphatic heterocycles. The van der Waals surface area contributed by atoms with E-state index in [1.54, 1.807) is 18.3 Å². The third-order valence-electron chi connectivity index (χ3n) is 3.49. The van der Waals surface area contributed by atoms with Crippen LogP contribution in [0.3, 0.4) is 0 Å². The van der Waals surface area contributed by atoms with Gasteiger partial charge in [-0.3, -0.25) is 24.6 Å². The first-order valence-electron chi connectivity index (χ1n) is 6.48. The standard InChI is InChI=1S/C14H14N4O2/c1-9-10(8-16-17-9)4-3-7-18-13(19)11-5-2-6-15-12(11)14(18)20/h2,5-6,8H,3-4,7H2,1H3,(H,16,17). The molecule has 0 spiro atoms. The van der Waals surface area contributed by atoms with Crippen molar-refractivity contribution in [1.82, 2.24) is 20.1 Å². The molecule has 0 bridgehead atoms. The van der Waals surface area contributed by atoms with E-state index in [0.717, 1.165) is 17.7 Å². The molecular formula is C14H14N4O2. The molecule has 0 unspecified atom stereocenters. The Morgan fingerprint density at radius 3 is 2.85 bits per heavy atom. The Bertz CT molecular complexity index is 642. The number of aryl methyl sites for hydroxylation is 2. The Hall–Kier alpha value is -2.50. The Morgan fingerprint density at radius 1 is 1.30 bits per heavy atom. The molecule has 0 fully saturated rings. The summed E-state index contributed by atoms with van der Waals surface area (Å²) in [7, 11) is 0. The Morgan fingerprint density at radius 2 is 2.15 bits per heavy atom. The number of carbonyl (C=O) groups excluding carboxylic acids is 2. The molecule has 3 rings (SSSR count). The van der Waals surface area contributed by atoms with Gasteiger partial charge >= 0.3 is 0 Å². The number of amides is 2. The number of aromatic amines is 1. The van der Waals surface area contributed by atoms with Crippen LogP contribution >= 0.6 is 0 Å². The highest BCUT2D eigenvalue weighted by Crippen LogP contribution is 2.20. The van der Waals surface area contributed by atoms with Crippen molar-refractivity contribution in [2.75, 3.05) is 6.54 Å². The topological polar surface area (TPSA) is 79.0 Å². The average molecular weight is 270 g/mol. The highest BCUT2D eigenvalue weighted by atomic mass is 16.2. The van der Waals surface area contributed by atoms with Gasteiger partial charge in [0.25, 0.3) is 11.8 Å². The first-order chi connectivity index (χ1) is 9.68. The van der Waals surface area contributed by atoms with E-state index < -0.39 is 0 Å². The molecule has 1 N–H and O–H groups in total. The lowest BCUT2D eigenvalue weighted by molar-refractivity contribution is 0.0651. The summed E-state index contributed by atoms with van der Waals surface area (Å²) in [6, 6.07) is 3.31. The van der Waals surface area contributed by atoms with E-state index >= 15 is 0 Å². The second kappa shape index (κ2) is 4.88. The summed E-state index contributed by atoms with van der Waals surface area (Å²) in [5.74, 6) is -0.545. The van der Waals surface area contributed by atoms with Gasteiger partial charge in [-0.1, -0.05) is 0 Å². The molecule has 2 aromatic rings. The molecule has 6 nitrogen and oxygen atoms in total. The summed E-state index contributed by atoms with van der Waals surface area (Å²) in [6.45, 7) is 2.35. The molecule has 3 heterocycles. The van der Waals surface area contributed by atoms with Crippen molar-refractivity contribution >= 4 is 11.8 Å². The number of rotatable bonds is 4. The Kier molecular flexibility index (Phi) is 3.06. The smallest absolute Gasteiger partial charge is 0.280 e. The summed E-state index contributed by atoms with van der Waals surface area (Å²) in [5.41, 5.74) is 2.79. The molecule has 0 radical (unpaired) electrons. The highest BCUT2D eigenvalue weighted by Gasteiger charge is 2.35. The number of imide groups is 1. The number of carbonyl (C=O) groups is 2. The molecule has 2 amide bonds. The molecule has 102 valence electrons. The van der Waals surface area contributed by atoms with E-state index in [2.05, 4.69) is 15.2 Å². The van der Waals surface area contributed by atoms with Crippen LogP contribution in [0.1, 0.15) is 38.5 Å². The normalized spacial score (nSPS) is 13.9. The minimum atomic E-state index is -0.297. The van der Waals surface area contributed by atoms with Crippen LogP contribution in [0, 0.1) is 6.92 Å². The zero-order valence-electron chi connectivity index (χ0n) is 11.1. The van der Waals surface area contributed by atoms with E-state index in [0.29, 0.717) is 18.5 Å². The molecule has 1 aliphatic rings. The summed E-state index contributed by atoms with van der Waals surface area (Å²) in [4.78, 5) is 29.5. The van der Waals surface area contributed by atoms with Crippen LogP contribution in [0.15, 0.2) is 24.5 Å². The zero-order chi connectivity index (χ0) is 14.1. The predicted molar refractivity (Wildman–Crippen MR) is 71.2 cm³/mol. The van der Waals surface area contributed by atoms with Crippen LogP contribution in [-0.4, -0.2) is 38.4 Å². The zero-order valence-corrected chi connectivity index (χ0v) is 11.1. The maximum absolute atomic E-state index is 12.1. The molecule has 0 aromatic carbocycles. The van der Waals surface area contributed by atoms with Crippen molar-refractivity contribution in [1.29, 1.82) is 0 Å². The second-order valence-corrected chi connectivity index (χ2v) is 4.79. The molecule has 0 saturated heterocycles. The van der Waals surface area contributed by atoms with E-state index in [1.807, 2.05) is 6.92 Å². The maximum Gasteiger partial charge on any atom is 0.280 e. The fourth-order valence-corrected chi connectivity index (χ4v) is 2.37. The van der Waals surface area contributed by atoms with Crippen molar-refractivity contribution in [3.63, 3.8) is 0 Å². The summed E-state index contributed by atoms with van der Waals surface area (Å²) in [5, 5.41) is 6.82. The van der Waals surface area contributed by atoms with Gasteiger partial charge in [0.15, 0.2) is 0 Å². The van der Waals surface area contributed by atoms with Gasteiger partial charge < -0.3 is 0 Å². The number of aromatic nitrogens is 3. The summed E-state index contributed by atoms with van der Waals surface area (Å²) < 4.78 is 0. The number of nitrogens with zero attached hydrogens (tertiary/aromatic N) is 3. The number of hydrogen-bond donors (Lipinski definition) is 1. The number of pyridine rings is 1. The van der Waals surface area contributed by atoms with Gasteiger partial charge in [-0.2, -0.15) is 5.10 Å². The summed E-state index contributed by atoms with van der Waals surface area (Å²) in [6.07, 6.45) is 4.80. The number of hydrogen-bond acceptors (Lipinski definition) is 4. The molecule has 0 atom stereocenters. The first kappa shape index (κ1) is 12.5. The lowest BCUT2D eigenvalue weighted by Gasteiger charge is -2.12. The molecule has 0 saturated carbocycles. The molecule has 20 heavy (non-hydrogen) atoms. The molecular weight excluding hydrogens is 256 g/mol. The summed E-state index contributed by atoms with van der Waals surface area (Å²) >= 11 is 0. The second-order valence-electron chi connectivity index (χ2n) is 4.79. The first-order valence-corrected chi connectivity index (χ1v) is 6.48. The molecule has 0 aliphatic carbocycles. The Balaban J connectivity index is 1.67. The minimum Gasteiger partial charge on any atom is -0.283 e. The largest absolute Gasteiger partial charge is 0.283 e. The van der Waals surface area contributed by atoms with Gasteiger partial charge in [0.1, 0.15) is 5.69 Å². The van der Waals surface area contributed by atoms with Gasteiger partial charge in [-0.15, -0.1) is 0 Å². The highest BCUT2D eigenvalue weighted by molar-refractivity contribution is 6.20. The monoisotopic (exact) mass is 270 g/mol. The number of H-pyrrole nitrogens is 1. The third kappa shape index (κ3) is 1.99. The van der Waals surface area contributed by atoms with E-state index in [-0.39, 0.29) is 17.5 Å². The van der Waals surface area contributed by atoms with Gasteiger partial charge in [-0.25, -0.2) is 0 Å². The van der Waals surface area contributed by atoms with Crippen molar-refractivity contribution in [3.05, 3.63) is 47.0 Å². The molecule has 2 aromatic heterocycles. The van der Waals surface area contributed by atoms with Crippen LogP contribution < -0.4 is 0 Å². The Labute approximate surface area is 115 Å². The average Bonchev–Trinajstić information content (AvgIpc) is 2.97. The van der Waals surface area contributed by atoms with Crippen LogP contribution in [0.5, 0.6) is 0 Å². The molecule has 6 heteroatoms. The fourth-order valence-electron chi connectivity index (χ4n) is 2.37. The van der Waals surface area contributed by atoms with Crippen LogP contribution in [0.4, 0.5) is 0 Å². The van der Waals surface area contributed by atoms with Crippen molar-refractivity contribution in [2.24, 2.45) is 0 Å². The third-order valence-corrected chi connectivity index (χ3v) is 3.49. The van der Waals surface area contributed by atoms with E-state index in [4.69, 9.17) is 0 Å². The number of nitrogens with one attached hydrogen (secondary N) is 1. The lowest BCUT2D eigenvalue weighted by Crippen LogP contribution is -2.31. The predicted octanol–water partition coefficient (Wildman–Crippen LogP) is 1.34. The SMILES string of the molecule is Cc1[nH]ncc1CCCN1C(=O)c2cccnc2C1=O. The maximum atomic E-state index is 12.1. The number of fused-ring (bicyclic) bond motifs is 1. The van der Waals surface area contributed by atoms with Gasteiger partial charge in [-0.05, 0) is 37.5 Å². The van der Waals surface area contributed by atoms with Crippen molar-refractivity contribution in [2.45, 2.75) is 19.8 Å². The van der Waals surface area contributed by atoms with Crippen LogP contribution in [0.25, 0.3) is 0 Å². The van der Waals surface area contributed by atoms with E-state index in [9.17, 15) is 9.59 Å². The fraction of sp³-hybridized carbons (Fsp3) is 0.286. The van der Waals surface area contributed by atoms with Gasteiger partial charge in [0.2, 0.25) is 0 Å². The van der Waals surface area contributed by atoms with Gasteiger partial charge in [0.05, 0.1) is 11.8 Å².